The Morgan fingerprint density at radius 2 is 1.40 bits per heavy atom. The van der Waals surface area contributed by atoms with Crippen molar-refractivity contribution >= 4 is 34.3 Å². The number of nitrogens with one attached hydrogen (secondary N) is 2. The molecule has 0 spiro atoms. The largest absolute Gasteiger partial charge is 0.337 e. The van der Waals surface area contributed by atoms with E-state index >= 15 is 0 Å². The van der Waals surface area contributed by atoms with Crippen molar-refractivity contribution < 1.29 is 13.4 Å². The maximum atomic E-state index is 13.9. The van der Waals surface area contributed by atoms with Crippen LogP contribution in [-0.4, -0.2) is 20.3 Å². The highest BCUT2D eigenvalue weighted by molar-refractivity contribution is 5.79. The lowest BCUT2D eigenvalue weighted by Gasteiger charge is -2.12. The molecule has 4 rings (SSSR count). The second-order valence-corrected chi connectivity index (χ2v) is 5.07. The van der Waals surface area contributed by atoms with Crippen LogP contribution in [0.3, 0.4) is 0 Å². The van der Waals surface area contributed by atoms with E-state index in [1.165, 1.54) is 30.3 Å². The van der Waals surface area contributed by atoms with Crippen molar-refractivity contribution in [1.82, 2.24) is 20.3 Å². The number of fused-ring (bicyclic) bond motifs is 1. The van der Waals surface area contributed by atoms with Gasteiger partial charge in [0.2, 0.25) is 11.3 Å². The normalized spacial score (nSPS) is 10.8. The molecule has 0 bridgehead atoms. The summed E-state index contributed by atoms with van der Waals surface area (Å²) in [5, 5.41) is 13.1. The molecule has 0 saturated heterocycles. The standard InChI is InChI=1S/C16H10F2N6O/c17-9-5-7-10(8-6-9)19-13-14(20-12-4-2-1-3-11(12)18)22-16-15(21-13)23-25-24-16/h1-8H,(H,19,21,23)(H,20,22,24). The minimum absolute atomic E-state index is 0.170. The molecule has 7 nitrogen and oxygen atoms in total. The lowest BCUT2D eigenvalue weighted by Crippen LogP contribution is -2.04. The molecule has 25 heavy (non-hydrogen) atoms. The summed E-state index contributed by atoms with van der Waals surface area (Å²) in [5.41, 5.74) is 1.14. The number of hydrogen-bond acceptors (Lipinski definition) is 7. The number of aromatic nitrogens is 4. The van der Waals surface area contributed by atoms with Gasteiger partial charge in [-0.1, -0.05) is 12.1 Å². The molecule has 2 heterocycles. The van der Waals surface area contributed by atoms with Crippen molar-refractivity contribution in [3.05, 3.63) is 60.2 Å². The third-order valence-corrected chi connectivity index (χ3v) is 3.35. The average molecular weight is 340 g/mol. The number of anilines is 4. The third-order valence-electron chi connectivity index (χ3n) is 3.35. The summed E-state index contributed by atoms with van der Waals surface area (Å²) < 4.78 is 31.6. The molecular formula is C16H10F2N6O. The average Bonchev–Trinajstić information content (AvgIpc) is 3.06. The van der Waals surface area contributed by atoms with E-state index in [2.05, 4.69) is 35.5 Å². The molecule has 124 valence electrons. The van der Waals surface area contributed by atoms with Crippen LogP contribution < -0.4 is 10.6 Å². The first-order valence-corrected chi connectivity index (χ1v) is 7.23. The van der Waals surface area contributed by atoms with Crippen molar-refractivity contribution in [2.45, 2.75) is 0 Å². The fourth-order valence-electron chi connectivity index (χ4n) is 2.17. The molecule has 0 fully saturated rings. The molecule has 0 amide bonds. The zero-order chi connectivity index (χ0) is 17.2. The van der Waals surface area contributed by atoms with Gasteiger partial charge in [-0.05, 0) is 46.7 Å². The number of nitrogens with zero attached hydrogens (tertiary/aromatic N) is 4. The first kappa shape index (κ1) is 14.9. The first-order valence-electron chi connectivity index (χ1n) is 7.23. The summed E-state index contributed by atoms with van der Waals surface area (Å²) in [6, 6.07) is 11.8. The van der Waals surface area contributed by atoms with E-state index in [1.807, 2.05) is 0 Å². The van der Waals surface area contributed by atoms with Gasteiger partial charge in [0, 0.05) is 5.69 Å². The molecule has 4 aromatic rings. The monoisotopic (exact) mass is 340 g/mol. The van der Waals surface area contributed by atoms with Gasteiger partial charge in [-0.15, -0.1) is 0 Å². The summed E-state index contributed by atoms with van der Waals surface area (Å²) in [6.45, 7) is 0. The van der Waals surface area contributed by atoms with Gasteiger partial charge >= 0.3 is 0 Å². The van der Waals surface area contributed by atoms with Gasteiger partial charge in [-0.25, -0.2) is 23.4 Å². The first-order chi connectivity index (χ1) is 12.2. The maximum Gasteiger partial charge on any atom is 0.245 e. The molecule has 0 aliphatic carbocycles. The third kappa shape index (κ3) is 3.07. The minimum atomic E-state index is -0.449. The number of benzene rings is 2. The molecule has 0 aliphatic rings. The molecular weight excluding hydrogens is 330 g/mol. The highest BCUT2D eigenvalue weighted by Crippen LogP contribution is 2.27. The summed E-state index contributed by atoms with van der Waals surface area (Å²) in [4.78, 5) is 8.50. The Morgan fingerprint density at radius 3 is 2.08 bits per heavy atom. The smallest absolute Gasteiger partial charge is 0.245 e. The van der Waals surface area contributed by atoms with Gasteiger partial charge in [0.15, 0.2) is 11.6 Å². The zero-order valence-electron chi connectivity index (χ0n) is 12.6. The van der Waals surface area contributed by atoms with Crippen LogP contribution in [0.25, 0.3) is 11.3 Å². The molecule has 2 aromatic carbocycles. The van der Waals surface area contributed by atoms with Crippen molar-refractivity contribution in [3.63, 3.8) is 0 Å². The Balaban J connectivity index is 1.75. The highest BCUT2D eigenvalue weighted by atomic mass is 19.1. The number of rotatable bonds is 4. The Morgan fingerprint density at radius 1 is 0.760 bits per heavy atom. The van der Waals surface area contributed by atoms with E-state index < -0.39 is 5.82 Å². The summed E-state index contributed by atoms with van der Waals surface area (Å²) >= 11 is 0. The molecule has 2 aromatic heterocycles. The highest BCUT2D eigenvalue weighted by Gasteiger charge is 2.14. The maximum absolute atomic E-state index is 13.9. The number of para-hydroxylation sites is 1. The van der Waals surface area contributed by atoms with Crippen molar-refractivity contribution in [3.8, 4) is 0 Å². The SMILES string of the molecule is Fc1ccc(Nc2nc3nonc3nc2Nc2ccccc2F)cc1. The van der Waals surface area contributed by atoms with E-state index in [9.17, 15) is 8.78 Å². The topological polar surface area (TPSA) is 88.8 Å². The molecule has 0 aliphatic heterocycles. The predicted molar refractivity (Wildman–Crippen MR) is 86.8 cm³/mol. The van der Waals surface area contributed by atoms with E-state index in [4.69, 9.17) is 0 Å². The summed E-state index contributed by atoms with van der Waals surface area (Å²) in [5.74, 6) is -0.330. The van der Waals surface area contributed by atoms with Crippen LogP contribution in [0.15, 0.2) is 53.2 Å². The molecule has 0 unspecified atom stereocenters. The second kappa shape index (κ2) is 6.11. The van der Waals surface area contributed by atoms with Crippen LogP contribution in [0.4, 0.5) is 31.8 Å². The van der Waals surface area contributed by atoms with Crippen molar-refractivity contribution in [2.75, 3.05) is 10.6 Å². The van der Waals surface area contributed by atoms with E-state index in [-0.39, 0.29) is 34.4 Å². The van der Waals surface area contributed by atoms with Crippen molar-refractivity contribution in [2.24, 2.45) is 0 Å². The predicted octanol–water partition coefficient (Wildman–Crippen LogP) is 3.78. The van der Waals surface area contributed by atoms with Gasteiger partial charge in [0.05, 0.1) is 5.69 Å². The Hall–Kier alpha value is -3.62. The van der Waals surface area contributed by atoms with Crippen LogP contribution in [0.5, 0.6) is 0 Å². The lowest BCUT2D eigenvalue weighted by molar-refractivity contribution is 0.314. The van der Waals surface area contributed by atoms with Crippen molar-refractivity contribution in [1.29, 1.82) is 0 Å². The van der Waals surface area contributed by atoms with Gasteiger partial charge in [-0.3, -0.25) is 0 Å². The Bertz CT molecular complexity index is 1030. The second-order valence-electron chi connectivity index (χ2n) is 5.07. The zero-order valence-corrected chi connectivity index (χ0v) is 12.6. The van der Waals surface area contributed by atoms with Gasteiger partial charge < -0.3 is 10.6 Å². The summed E-state index contributed by atoms with van der Waals surface area (Å²) in [6.07, 6.45) is 0. The van der Waals surface area contributed by atoms with Gasteiger partial charge in [0.1, 0.15) is 11.6 Å². The fraction of sp³-hybridized carbons (Fsp3) is 0. The number of halogens is 2. The lowest BCUT2D eigenvalue weighted by atomic mass is 10.3. The molecule has 0 saturated carbocycles. The Labute approximate surface area is 139 Å². The van der Waals surface area contributed by atoms with Crippen LogP contribution in [0, 0.1) is 11.6 Å². The van der Waals surface area contributed by atoms with Crippen LogP contribution in [0.1, 0.15) is 0 Å². The van der Waals surface area contributed by atoms with E-state index in [0.717, 1.165) is 0 Å². The molecule has 9 heteroatoms. The Kier molecular flexibility index (Phi) is 3.65. The van der Waals surface area contributed by atoms with Crippen LogP contribution >= 0.6 is 0 Å². The fourth-order valence-corrected chi connectivity index (χ4v) is 2.17. The molecule has 0 atom stereocenters. The summed E-state index contributed by atoms with van der Waals surface area (Å²) in [7, 11) is 0. The molecule has 2 N–H and O–H groups in total. The number of hydrogen-bond donors (Lipinski definition) is 2. The van der Waals surface area contributed by atoms with Crippen LogP contribution in [0.2, 0.25) is 0 Å². The minimum Gasteiger partial charge on any atom is -0.337 e. The molecule has 0 radical (unpaired) electrons. The van der Waals surface area contributed by atoms with E-state index in [1.54, 1.807) is 18.2 Å². The van der Waals surface area contributed by atoms with E-state index in [0.29, 0.717) is 5.69 Å². The quantitative estimate of drug-likeness (QED) is 0.584. The van der Waals surface area contributed by atoms with Gasteiger partial charge in [-0.2, -0.15) is 0 Å². The van der Waals surface area contributed by atoms with Crippen LogP contribution in [-0.2, 0) is 0 Å². The van der Waals surface area contributed by atoms with Gasteiger partial charge in [0.25, 0.3) is 0 Å².